The van der Waals surface area contributed by atoms with Gasteiger partial charge in [-0.3, -0.25) is 19.8 Å². The van der Waals surface area contributed by atoms with E-state index in [4.69, 9.17) is 22.1 Å². The van der Waals surface area contributed by atoms with Crippen LogP contribution < -0.4 is 15.0 Å². The predicted molar refractivity (Wildman–Crippen MR) is 136 cm³/mol. The molecule has 0 aromatic heterocycles. The maximum Gasteiger partial charge on any atom is 0.335 e. The maximum absolute atomic E-state index is 13.4. The third-order valence-corrected chi connectivity index (χ3v) is 6.02. The van der Waals surface area contributed by atoms with Crippen molar-refractivity contribution in [3.8, 4) is 5.75 Å². The van der Waals surface area contributed by atoms with E-state index in [0.29, 0.717) is 17.0 Å². The molecule has 3 aromatic rings. The van der Waals surface area contributed by atoms with E-state index in [1.54, 1.807) is 42.5 Å². The molecule has 2 amide bonds. The lowest BCUT2D eigenvalue weighted by atomic mass is 10.0. The van der Waals surface area contributed by atoms with Gasteiger partial charge < -0.3 is 9.84 Å². The largest absolute Gasteiger partial charge is 0.488 e. The van der Waals surface area contributed by atoms with Crippen LogP contribution in [-0.2, 0) is 16.2 Å². The number of carbonyl (C=O) groups excluding carboxylic acids is 2. The van der Waals surface area contributed by atoms with Gasteiger partial charge in [0.2, 0.25) is 0 Å². The lowest BCUT2D eigenvalue weighted by Crippen LogP contribution is -2.54. The molecule has 3 aromatic carbocycles. The molecule has 0 aliphatic carbocycles. The molecule has 0 atom stereocenters. The monoisotopic (exact) mass is 486 g/mol. The van der Waals surface area contributed by atoms with Crippen molar-refractivity contribution in [2.24, 2.45) is 0 Å². The zero-order chi connectivity index (χ0) is 25.1. The van der Waals surface area contributed by atoms with E-state index in [1.165, 1.54) is 23.1 Å². The Morgan fingerprint density at radius 3 is 2.46 bits per heavy atom. The first-order chi connectivity index (χ1) is 16.8. The number of anilines is 1. The normalized spacial score (nSPS) is 14.7. The molecule has 1 saturated heterocycles. The van der Waals surface area contributed by atoms with Crippen LogP contribution >= 0.6 is 12.2 Å². The second-order valence-corrected chi connectivity index (χ2v) is 8.39. The van der Waals surface area contributed by atoms with Gasteiger partial charge in [0.05, 0.1) is 11.3 Å². The molecule has 1 aliphatic rings. The predicted octanol–water partition coefficient (Wildman–Crippen LogP) is 4.41. The fraction of sp³-hybridized carbons (Fsp3) is 0.111. The number of benzene rings is 3. The summed E-state index contributed by atoms with van der Waals surface area (Å²) in [5, 5.41) is 11.7. The second kappa shape index (κ2) is 9.90. The van der Waals surface area contributed by atoms with Crippen molar-refractivity contribution in [1.82, 2.24) is 5.32 Å². The number of ether oxygens (including phenoxy) is 1. The van der Waals surface area contributed by atoms with Crippen LogP contribution in [0, 0.1) is 13.8 Å². The van der Waals surface area contributed by atoms with Gasteiger partial charge in [-0.15, -0.1) is 0 Å². The number of aryl methyl sites for hydroxylation is 1. The zero-order valence-electron chi connectivity index (χ0n) is 19.1. The number of hydrogen-bond donors (Lipinski definition) is 2. The summed E-state index contributed by atoms with van der Waals surface area (Å²) in [6, 6.07) is 18.9. The van der Waals surface area contributed by atoms with E-state index in [9.17, 15) is 14.4 Å². The molecule has 1 aliphatic heterocycles. The molecule has 176 valence electrons. The van der Waals surface area contributed by atoms with Crippen LogP contribution in [-0.4, -0.2) is 28.0 Å². The van der Waals surface area contributed by atoms with Gasteiger partial charge in [-0.25, -0.2) is 4.79 Å². The Morgan fingerprint density at radius 2 is 1.74 bits per heavy atom. The quantitative estimate of drug-likeness (QED) is 0.304. The maximum atomic E-state index is 13.4. The number of nitrogens with zero attached hydrogens (tertiary/aromatic N) is 1. The molecular weight excluding hydrogens is 464 g/mol. The molecule has 0 bridgehead atoms. The Kier molecular flexibility index (Phi) is 6.75. The number of rotatable bonds is 6. The van der Waals surface area contributed by atoms with Crippen LogP contribution in [0.3, 0.4) is 0 Å². The molecule has 2 N–H and O–H groups in total. The standard InChI is InChI=1S/C27H22N2O5S/c1-16-6-5-8-22(17(16)2)29-25(31)21(24(30)28-27(29)35)14-20-7-3-4-9-23(20)34-15-18-10-12-19(13-11-18)26(32)33/h3-14H,15H2,1-2H3,(H,32,33)(H,28,30,35). The van der Waals surface area contributed by atoms with E-state index in [1.807, 2.05) is 26.0 Å². The minimum absolute atomic E-state index is 0.0280. The highest BCUT2D eigenvalue weighted by atomic mass is 32.1. The molecule has 1 heterocycles. The SMILES string of the molecule is Cc1cccc(N2C(=O)C(=Cc3ccccc3OCc3ccc(C(=O)O)cc3)C(=O)NC2=S)c1C. The van der Waals surface area contributed by atoms with E-state index >= 15 is 0 Å². The van der Waals surface area contributed by atoms with Gasteiger partial charge in [0.1, 0.15) is 17.9 Å². The Bertz CT molecular complexity index is 1380. The van der Waals surface area contributed by atoms with E-state index < -0.39 is 17.8 Å². The van der Waals surface area contributed by atoms with E-state index in [2.05, 4.69) is 5.32 Å². The molecule has 0 radical (unpaired) electrons. The Hall–Kier alpha value is -4.30. The van der Waals surface area contributed by atoms with Gasteiger partial charge in [0.25, 0.3) is 11.8 Å². The number of amides is 2. The van der Waals surface area contributed by atoms with Crippen LogP contribution in [0.1, 0.15) is 32.6 Å². The Labute approximate surface area is 207 Å². The van der Waals surface area contributed by atoms with Crippen molar-refractivity contribution in [3.63, 3.8) is 0 Å². The number of nitrogens with one attached hydrogen (secondary N) is 1. The lowest BCUT2D eigenvalue weighted by Gasteiger charge is -2.30. The van der Waals surface area contributed by atoms with E-state index in [0.717, 1.165) is 16.7 Å². The summed E-state index contributed by atoms with van der Waals surface area (Å²) in [5.74, 6) is -1.64. The van der Waals surface area contributed by atoms with Gasteiger partial charge in [-0.05, 0) is 73.1 Å². The lowest BCUT2D eigenvalue weighted by molar-refractivity contribution is -0.122. The number of para-hydroxylation sites is 1. The minimum atomic E-state index is -1.00. The molecule has 7 nitrogen and oxygen atoms in total. The summed E-state index contributed by atoms with van der Waals surface area (Å²) in [6.45, 7) is 4.01. The highest BCUT2D eigenvalue weighted by Crippen LogP contribution is 2.29. The summed E-state index contributed by atoms with van der Waals surface area (Å²) in [4.78, 5) is 38.5. The van der Waals surface area contributed by atoms with Crippen LogP contribution in [0.2, 0.25) is 0 Å². The summed E-state index contributed by atoms with van der Waals surface area (Å²) >= 11 is 5.31. The first kappa shape index (κ1) is 23.8. The van der Waals surface area contributed by atoms with Gasteiger partial charge in [-0.2, -0.15) is 0 Å². The smallest absolute Gasteiger partial charge is 0.335 e. The van der Waals surface area contributed by atoms with Crippen molar-refractivity contribution in [2.75, 3.05) is 4.90 Å². The number of thiocarbonyl (C=S) groups is 1. The third kappa shape index (κ3) is 4.97. The van der Waals surface area contributed by atoms with Gasteiger partial charge >= 0.3 is 5.97 Å². The van der Waals surface area contributed by atoms with Gasteiger partial charge in [0.15, 0.2) is 5.11 Å². The number of carboxylic acid groups (broad SMARTS) is 1. The molecule has 0 unspecified atom stereocenters. The fourth-order valence-corrected chi connectivity index (χ4v) is 3.92. The highest BCUT2D eigenvalue weighted by molar-refractivity contribution is 7.80. The molecule has 1 fully saturated rings. The Morgan fingerprint density at radius 1 is 1.03 bits per heavy atom. The molecule has 4 rings (SSSR count). The summed E-state index contributed by atoms with van der Waals surface area (Å²) in [7, 11) is 0. The fourth-order valence-electron chi connectivity index (χ4n) is 3.65. The van der Waals surface area contributed by atoms with Crippen molar-refractivity contribution in [1.29, 1.82) is 0 Å². The average Bonchev–Trinajstić information content (AvgIpc) is 2.83. The van der Waals surface area contributed by atoms with Crippen molar-refractivity contribution in [2.45, 2.75) is 20.5 Å². The average molecular weight is 487 g/mol. The van der Waals surface area contributed by atoms with Crippen LogP contribution in [0.25, 0.3) is 6.08 Å². The number of carbonyl (C=O) groups is 3. The van der Waals surface area contributed by atoms with Crippen molar-refractivity contribution < 1.29 is 24.2 Å². The van der Waals surface area contributed by atoms with Gasteiger partial charge in [0, 0.05) is 5.56 Å². The molecule has 0 saturated carbocycles. The minimum Gasteiger partial charge on any atom is -0.488 e. The molecule has 8 heteroatoms. The topological polar surface area (TPSA) is 95.9 Å². The van der Waals surface area contributed by atoms with Crippen LogP contribution in [0.4, 0.5) is 5.69 Å². The number of aromatic carboxylic acids is 1. The van der Waals surface area contributed by atoms with E-state index in [-0.39, 0.29) is 22.9 Å². The van der Waals surface area contributed by atoms with Crippen molar-refractivity contribution in [3.05, 3.63) is 100 Å². The summed E-state index contributed by atoms with van der Waals surface area (Å²) < 4.78 is 5.93. The Balaban J connectivity index is 1.62. The molecule has 0 spiro atoms. The van der Waals surface area contributed by atoms with Crippen LogP contribution in [0.5, 0.6) is 5.75 Å². The first-order valence-corrected chi connectivity index (χ1v) is 11.2. The highest BCUT2D eigenvalue weighted by Gasteiger charge is 2.35. The van der Waals surface area contributed by atoms with Crippen LogP contribution in [0.15, 0.2) is 72.3 Å². The third-order valence-electron chi connectivity index (χ3n) is 5.73. The summed E-state index contributed by atoms with van der Waals surface area (Å²) in [6.07, 6.45) is 1.49. The first-order valence-electron chi connectivity index (χ1n) is 10.8. The molecular formula is C27H22N2O5S. The summed E-state index contributed by atoms with van der Waals surface area (Å²) in [5.41, 5.74) is 3.93. The number of carboxylic acids is 1. The number of hydrogen-bond acceptors (Lipinski definition) is 5. The van der Waals surface area contributed by atoms with Crippen molar-refractivity contribution >= 4 is 46.9 Å². The molecule has 35 heavy (non-hydrogen) atoms. The second-order valence-electron chi connectivity index (χ2n) is 8.01. The zero-order valence-corrected chi connectivity index (χ0v) is 19.9. The van der Waals surface area contributed by atoms with Gasteiger partial charge in [-0.1, -0.05) is 42.5 Å².